The van der Waals surface area contributed by atoms with Crippen LogP contribution in [-0.4, -0.2) is 0 Å². The van der Waals surface area contributed by atoms with Crippen LogP contribution < -0.4 is 0 Å². The highest BCUT2D eigenvalue weighted by Gasteiger charge is 2.64. The maximum absolute atomic E-state index is 2.69. The molecule has 5 aliphatic carbocycles. The summed E-state index contributed by atoms with van der Waals surface area (Å²) in [6.45, 7) is 35.0. The smallest absolute Gasteiger partial charge is 0.0321 e. The molecule has 5 rings (SSSR count). The van der Waals surface area contributed by atoms with Crippen molar-refractivity contribution in [1.82, 2.24) is 0 Å². The van der Waals surface area contributed by atoms with Crippen LogP contribution in [-0.2, 0) is 0 Å². The Morgan fingerprint density at radius 1 is 0.314 bits per heavy atom. The Morgan fingerprint density at radius 2 is 0.543 bits per heavy atom. The number of hydrogen-bond acceptors (Lipinski definition) is 0. The zero-order valence-electron chi connectivity index (χ0n) is 26.3. The lowest BCUT2D eigenvalue weighted by atomic mass is 9.54. The Hall–Kier alpha value is 0. The minimum Gasteiger partial charge on any atom is -0.0620 e. The topological polar surface area (TPSA) is 0 Å². The average Bonchev–Trinajstić information content (AvgIpc) is 3.22. The summed E-state index contributed by atoms with van der Waals surface area (Å²) in [6, 6.07) is 0. The fourth-order valence-electron chi connectivity index (χ4n) is 11.7. The molecule has 18 atom stereocenters. The molecule has 0 amide bonds. The van der Waals surface area contributed by atoms with E-state index in [1.165, 1.54) is 0 Å². The summed E-state index contributed by atoms with van der Waals surface area (Å²) in [6.07, 6.45) is 3.19. The Kier molecular flexibility index (Phi) is 7.71. The van der Waals surface area contributed by atoms with Crippen LogP contribution in [0.25, 0.3) is 0 Å². The summed E-state index contributed by atoms with van der Waals surface area (Å²) in [5.41, 5.74) is 0.500. The molecule has 35 heavy (non-hydrogen) atoms. The molecule has 18 unspecified atom stereocenters. The lowest BCUT2D eigenvalue weighted by Gasteiger charge is -2.51. The number of rotatable bonds is 0. The molecule has 0 N–H and O–H groups in total. The van der Waals surface area contributed by atoms with Gasteiger partial charge in [0, 0.05) is 0 Å². The second-order valence-electron chi connectivity index (χ2n) is 17.0. The maximum atomic E-state index is 2.69. The van der Waals surface area contributed by atoms with Crippen LogP contribution in [0.1, 0.15) is 110 Å². The molecule has 0 aromatic rings. The Balaban J connectivity index is 0.000000527. The van der Waals surface area contributed by atoms with Crippen molar-refractivity contribution in [2.45, 2.75) is 110 Å². The van der Waals surface area contributed by atoms with Crippen LogP contribution in [0.2, 0.25) is 0 Å². The second kappa shape index (κ2) is 9.63. The molecule has 5 fully saturated rings. The molecule has 0 nitrogen and oxygen atoms in total. The van der Waals surface area contributed by atoms with Crippen LogP contribution in [0.3, 0.4) is 0 Å². The van der Waals surface area contributed by atoms with Gasteiger partial charge in [-0.2, -0.15) is 0 Å². The third kappa shape index (κ3) is 4.50. The van der Waals surface area contributed by atoms with Gasteiger partial charge in [0.2, 0.25) is 0 Å². The number of hydrogen-bond donors (Lipinski definition) is 0. The predicted octanol–water partition coefficient (Wildman–Crippen LogP) is 10.2. The third-order valence-electron chi connectivity index (χ3n) is 14.0. The fraction of sp³-hybridized carbons (Fsp3) is 1.00. The van der Waals surface area contributed by atoms with E-state index in [1.807, 2.05) is 0 Å². The van der Waals surface area contributed by atoms with Gasteiger partial charge in [0.05, 0.1) is 0 Å². The molecule has 0 aromatic heterocycles. The molecular formula is C35H64. The predicted molar refractivity (Wildman–Crippen MR) is 154 cm³/mol. The van der Waals surface area contributed by atoms with Crippen molar-refractivity contribution in [2.24, 2.45) is 112 Å². The molecule has 0 heteroatoms. The van der Waals surface area contributed by atoms with Crippen LogP contribution in [0, 0.1) is 112 Å². The Morgan fingerprint density at radius 3 is 0.829 bits per heavy atom. The maximum Gasteiger partial charge on any atom is -0.0321 e. The average molecular weight is 485 g/mol. The van der Waals surface area contributed by atoms with E-state index in [-0.39, 0.29) is 0 Å². The summed E-state index contributed by atoms with van der Waals surface area (Å²) in [7, 11) is 0. The van der Waals surface area contributed by atoms with E-state index in [1.54, 1.807) is 12.8 Å². The van der Waals surface area contributed by atoms with E-state index < -0.39 is 0 Å². The van der Waals surface area contributed by atoms with Crippen LogP contribution >= 0.6 is 0 Å². The molecular weight excluding hydrogens is 420 g/mol. The van der Waals surface area contributed by atoms with E-state index in [4.69, 9.17) is 0 Å². The molecule has 0 bridgehead atoms. The molecule has 5 aliphatic rings. The van der Waals surface area contributed by atoms with Crippen LogP contribution in [0.4, 0.5) is 0 Å². The fourth-order valence-corrected chi connectivity index (χ4v) is 11.7. The second-order valence-corrected chi connectivity index (χ2v) is 17.0. The first-order valence-corrected chi connectivity index (χ1v) is 16.1. The van der Waals surface area contributed by atoms with Gasteiger partial charge in [0.1, 0.15) is 0 Å². The van der Waals surface area contributed by atoms with Crippen molar-refractivity contribution in [3.8, 4) is 0 Å². The van der Waals surface area contributed by atoms with Gasteiger partial charge in [0.25, 0.3) is 0 Å². The highest BCUT2D eigenvalue weighted by Crippen LogP contribution is 2.69. The zero-order valence-corrected chi connectivity index (χ0v) is 26.3. The van der Waals surface area contributed by atoms with Gasteiger partial charge in [-0.05, 0) is 125 Å². The van der Waals surface area contributed by atoms with Crippen molar-refractivity contribution in [3.05, 3.63) is 0 Å². The molecule has 0 saturated heterocycles. The highest BCUT2D eigenvalue weighted by molar-refractivity contribution is 5.12. The number of fused-ring (bicyclic) bond motifs is 6. The van der Waals surface area contributed by atoms with Gasteiger partial charge in [0.15, 0.2) is 0 Å². The van der Waals surface area contributed by atoms with Gasteiger partial charge in [-0.25, -0.2) is 0 Å². The van der Waals surface area contributed by atoms with Crippen LogP contribution in [0.15, 0.2) is 0 Å². The van der Waals surface area contributed by atoms with E-state index in [0.717, 1.165) is 107 Å². The van der Waals surface area contributed by atoms with Crippen molar-refractivity contribution in [1.29, 1.82) is 0 Å². The minimum atomic E-state index is 0.500. The van der Waals surface area contributed by atoms with E-state index in [9.17, 15) is 0 Å². The largest absolute Gasteiger partial charge is 0.0620 e. The first kappa shape index (κ1) is 28.0. The minimum absolute atomic E-state index is 0.500. The first-order chi connectivity index (χ1) is 16.1. The summed E-state index contributed by atoms with van der Waals surface area (Å²) in [4.78, 5) is 0. The summed E-state index contributed by atoms with van der Waals surface area (Å²) < 4.78 is 0. The normalized spacial score (nSPS) is 59.5. The van der Waals surface area contributed by atoms with Gasteiger partial charge >= 0.3 is 0 Å². The van der Waals surface area contributed by atoms with Gasteiger partial charge in [-0.1, -0.05) is 96.9 Å². The van der Waals surface area contributed by atoms with E-state index in [0.29, 0.717) is 5.41 Å². The van der Waals surface area contributed by atoms with Gasteiger partial charge in [-0.15, -0.1) is 0 Å². The van der Waals surface area contributed by atoms with Crippen LogP contribution in [0.5, 0.6) is 0 Å². The first-order valence-electron chi connectivity index (χ1n) is 16.1. The Bertz CT molecular complexity index is 669. The lowest BCUT2D eigenvalue weighted by Crippen LogP contribution is -2.45. The molecule has 0 aromatic carbocycles. The van der Waals surface area contributed by atoms with Crippen molar-refractivity contribution in [2.75, 3.05) is 0 Å². The van der Waals surface area contributed by atoms with Crippen molar-refractivity contribution in [3.63, 3.8) is 0 Å². The molecule has 0 aliphatic heterocycles. The molecule has 0 radical (unpaired) electrons. The summed E-state index contributed by atoms with van der Waals surface area (Å²) in [5, 5.41) is 0. The monoisotopic (exact) mass is 485 g/mol. The molecule has 5 saturated carbocycles. The van der Waals surface area contributed by atoms with Crippen molar-refractivity contribution >= 4 is 0 Å². The zero-order chi connectivity index (χ0) is 26.3. The summed E-state index contributed by atoms with van der Waals surface area (Å²) >= 11 is 0. The van der Waals surface area contributed by atoms with E-state index in [2.05, 4.69) is 96.9 Å². The quantitative estimate of drug-likeness (QED) is 0.321. The summed E-state index contributed by atoms with van der Waals surface area (Å²) in [5.74, 6) is 17.5. The standard InChI is InChI=1S/C30H52.C5H12/c1-13-15(3)19(7)29-25-12-26-24(11-23(25)21(9)27(29)17(13)5)22(10)28-18(6)14(2)16(4)20(8)30(26)28;1-5(2,3)4/h13-30H,11-12H2,1-10H3;1-4H3. The molecule has 0 spiro atoms. The Labute approximate surface area is 221 Å². The molecule has 204 valence electrons. The molecule has 0 heterocycles. The lowest BCUT2D eigenvalue weighted by molar-refractivity contribution is -0.0259. The SMILES string of the molecule is CC(C)(C)C.CC1C(C)C(C)C2C3CC4C(CC3C(C)C2C1C)C(C)C1C(C)C(C)C(C)C(C)C41. The van der Waals surface area contributed by atoms with Gasteiger partial charge < -0.3 is 0 Å². The third-order valence-corrected chi connectivity index (χ3v) is 14.0. The highest BCUT2D eigenvalue weighted by atomic mass is 14.7. The van der Waals surface area contributed by atoms with Gasteiger partial charge in [-0.3, -0.25) is 0 Å². The van der Waals surface area contributed by atoms with Crippen molar-refractivity contribution < 1.29 is 0 Å². The van der Waals surface area contributed by atoms with E-state index >= 15 is 0 Å².